The Kier molecular flexibility index (Phi) is 10.2. The van der Waals surface area contributed by atoms with Crippen LogP contribution in [0.25, 0.3) is 10.9 Å². The first-order valence-corrected chi connectivity index (χ1v) is 17.8. The van der Waals surface area contributed by atoms with E-state index in [1.54, 1.807) is 11.1 Å². The number of piperidine rings is 2. The number of ether oxygens (including phenoxy) is 1. The lowest BCUT2D eigenvalue weighted by Gasteiger charge is -2.43. The maximum absolute atomic E-state index is 14.1. The van der Waals surface area contributed by atoms with Crippen LogP contribution in [0.5, 0.6) is 0 Å². The summed E-state index contributed by atoms with van der Waals surface area (Å²) in [6.45, 7) is 5.78. The SMILES string of the molecule is O=C(O)CN1CCN(C2CCN(C(=O)[C@@H](Cc3ccc4[nH]ncc4c3)OC(=O)N3CCC(N4CCc5ccccc5NC4=O)CC3)CC2)CC1. The number of carbonyl (C=O) groups excluding carboxylic acids is 3. The van der Waals surface area contributed by atoms with Crippen LogP contribution in [0, 0.1) is 0 Å². The van der Waals surface area contributed by atoms with E-state index in [1.807, 2.05) is 57.2 Å². The van der Waals surface area contributed by atoms with Gasteiger partial charge in [0, 0.05) is 88.5 Å². The third-order valence-electron chi connectivity index (χ3n) is 10.8. The Hall–Kier alpha value is -4.69. The number of hydrogen-bond donors (Lipinski definition) is 3. The molecule has 7 rings (SSSR count). The normalized spacial score (nSPS) is 20.6. The zero-order chi connectivity index (χ0) is 34.6. The highest BCUT2D eigenvalue weighted by Crippen LogP contribution is 2.26. The number of fused-ring (bicyclic) bond motifs is 2. The second kappa shape index (κ2) is 15.1. The highest BCUT2D eigenvalue weighted by Gasteiger charge is 2.36. The molecule has 5 heterocycles. The largest absolute Gasteiger partial charge is 0.480 e. The van der Waals surface area contributed by atoms with Crippen LogP contribution in [-0.4, -0.2) is 147 Å². The highest BCUT2D eigenvalue weighted by atomic mass is 16.6. The minimum Gasteiger partial charge on any atom is -0.480 e. The summed E-state index contributed by atoms with van der Waals surface area (Å²) >= 11 is 0. The van der Waals surface area contributed by atoms with E-state index in [0.29, 0.717) is 51.6 Å². The second-order valence-electron chi connectivity index (χ2n) is 13.9. The number of amides is 4. The Morgan fingerprint density at radius 2 is 1.60 bits per heavy atom. The van der Waals surface area contributed by atoms with Gasteiger partial charge >= 0.3 is 18.1 Å². The predicted octanol–water partition coefficient (Wildman–Crippen LogP) is 2.86. The van der Waals surface area contributed by atoms with Gasteiger partial charge in [-0.1, -0.05) is 24.3 Å². The Labute approximate surface area is 291 Å². The third-order valence-corrected chi connectivity index (χ3v) is 10.8. The molecule has 14 heteroatoms. The quantitative estimate of drug-likeness (QED) is 0.325. The third kappa shape index (κ3) is 7.71. The minimum atomic E-state index is -0.976. The van der Waals surface area contributed by atoms with Crippen LogP contribution >= 0.6 is 0 Å². The fraction of sp³-hybridized carbons (Fsp3) is 0.528. The lowest BCUT2D eigenvalue weighted by molar-refractivity contribution is -0.142. The lowest BCUT2D eigenvalue weighted by atomic mass is 10.00. The smallest absolute Gasteiger partial charge is 0.410 e. The molecular formula is C36H46N8O6. The monoisotopic (exact) mass is 686 g/mol. The van der Waals surface area contributed by atoms with Gasteiger partial charge < -0.3 is 29.9 Å². The van der Waals surface area contributed by atoms with E-state index in [-0.39, 0.29) is 30.9 Å². The van der Waals surface area contributed by atoms with Gasteiger partial charge in [0.2, 0.25) is 0 Å². The van der Waals surface area contributed by atoms with Crippen LogP contribution in [0.1, 0.15) is 36.8 Å². The zero-order valence-corrected chi connectivity index (χ0v) is 28.3. The van der Waals surface area contributed by atoms with E-state index in [1.165, 1.54) is 0 Å². The van der Waals surface area contributed by atoms with Crippen molar-refractivity contribution in [3.63, 3.8) is 0 Å². The molecule has 2 aromatic carbocycles. The van der Waals surface area contributed by atoms with Crippen LogP contribution in [0.4, 0.5) is 15.3 Å². The van der Waals surface area contributed by atoms with E-state index in [2.05, 4.69) is 20.4 Å². The molecule has 3 N–H and O–H groups in total. The number of aliphatic carboxylic acids is 1. The number of benzene rings is 2. The molecule has 4 aliphatic rings. The molecule has 0 unspecified atom stereocenters. The number of likely N-dealkylation sites (tertiary alicyclic amines) is 2. The van der Waals surface area contributed by atoms with Gasteiger partial charge in [-0.3, -0.25) is 24.5 Å². The minimum absolute atomic E-state index is 0.00826. The molecule has 50 heavy (non-hydrogen) atoms. The summed E-state index contributed by atoms with van der Waals surface area (Å²) in [6, 6.07) is 13.9. The molecule has 4 amide bonds. The molecule has 0 saturated carbocycles. The van der Waals surface area contributed by atoms with Gasteiger partial charge in [-0.2, -0.15) is 5.10 Å². The summed E-state index contributed by atoms with van der Waals surface area (Å²) < 4.78 is 6.07. The summed E-state index contributed by atoms with van der Waals surface area (Å²) in [5.41, 5.74) is 3.74. The molecule has 1 atom stereocenters. The molecule has 0 radical (unpaired) electrons. The fourth-order valence-electron chi connectivity index (χ4n) is 7.94. The number of H-pyrrole nitrogens is 1. The predicted molar refractivity (Wildman–Crippen MR) is 186 cm³/mol. The standard InChI is InChI=1S/C36H46N8O6/c45-33(46)24-40-17-19-41(20-18-40)28-8-12-42(13-9-28)34(47)32(22-25-5-6-31-27(21-25)23-37-39-31)50-36(49)43-14-10-29(11-15-43)44-16-7-26-3-1-2-4-30(26)38-35(44)48/h1-6,21,23,28-29,32H,7-20,22,24H2,(H,37,39)(H,38,48)(H,45,46)/t32-/m1/s1. The number of nitrogens with one attached hydrogen (secondary N) is 2. The van der Waals surface area contributed by atoms with E-state index in [4.69, 9.17) is 9.84 Å². The summed E-state index contributed by atoms with van der Waals surface area (Å²) in [4.78, 5) is 61.7. The molecule has 3 aromatic rings. The first-order chi connectivity index (χ1) is 24.3. The van der Waals surface area contributed by atoms with Crippen LogP contribution < -0.4 is 5.32 Å². The zero-order valence-electron chi connectivity index (χ0n) is 28.3. The van der Waals surface area contributed by atoms with Crippen LogP contribution in [-0.2, 0) is 27.2 Å². The number of hydrogen-bond acceptors (Lipinski definition) is 8. The van der Waals surface area contributed by atoms with Crippen molar-refractivity contribution < 1.29 is 29.0 Å². The van der Waals surface area contributed by atoms with Crippen LogP contribution in [0.3, 0.4) is 0 Å². The Morgan fingerprint density at radius 1 is 0.880 bits per heavy atom. The maximum atomic E-state index is 14.1. The number of aromatic nitrogens is 2. The number of aromatic amines is 1. The number of carbonyl (C=O) groups is 4. The van der Waals surface area contributed by atoms with Crippen molar-refractivity contribution in [3.8, 4) is 0 Å². The Morgan fingerprint density at radius 3 is 2.36 bits per heavy atom. The molecule has 0 bridgehead atoms. The molecule has 4 aliphatic heterocycles. The first kappa shape index (κ1) is 33.8. The average Bonchev–Trinajstić information content (AvgIpc) is 3.53. The van der Waals surface area contributed by atoms with E-state index in [0.717, 1.165) is 73.2 Å². The van der Waals surface area contributed by atoms with Gasteiger partial charge in [-0.15, -0.1) is 0 Å². The molecular weight excluding hydrogens is 640 g/mol. The number of para-hydroxylation sites is 1. The summed E-state index contributed by atoms with van der Waals surface area (Å²) in [6.07, 6.45) is 4.17. The maximum Gasteiger partial charge on any atom is 0.410 e. The lowest BCUT2D eigenvalue weighted by Crippen LogP contribution is -2.55. The second-order valence-corrected chi connectivity index (χ2v) is 13.9. The van der Waals surface area contributed by atoms with Crippen molar-refractivity contribution in [2.24, 2.45) is 0 Å². The van der Waals surface area contributed by atoms with Gasteiger partial charge in [0.15, 0.2) is 6.10 Å². The number of rotatable bonds is 8. The highest BCUT2D eigenvalue weighted by molar-refractivity contribution is 5.91. The summed E-state index contributed by atoms with van der Waals surface area (Å²) in [5, 5.41) is 20.1. The number of carboxylic acid groups (broad SMARTS) is 1. The number of carboxylic acids is 1. The van der Waals surface area contributed by atoms with Crippen LogP contribution in [0.2, 0.25) is 0 Å². The molecule has 3 fully saturated rings. The average molecular weight is 687 g/mol. The molecule has 0 spiro atoms. The number of urea groups is 1. The fourth-order valence-corrected chi connectivity index (χ4v) is 7.94. The topological polar surface area (TPSA) is 155 Å². The van der Waals surface area contributed by atoms with E-state index >= 15 is 0 Å². The van der Waals surface area contributed by atoms with Crippen molar-refractivity contribution in [1.82, 2.24) is 34.7 Å². The first-order valence-electron chi connectivity index (χ1n) is 17.8. The number of anilines is 1. The number of nitrogens with zero attached hydrogens (tertiary/aromatic N) is 6. The number of piperazine rings is 1. The molecule has 266 valence electrons. The van der Waals surface area contributed by atoms with Crippen molar-refractivity contribution in [2.75, 3.05) is 70.8 Å². The Balaban J connectivity index is 0.963. The van der Waals surface area contributed by atoms with Crippen molar-refractivity contribution in [1.29, 1.82) is 0 Å². The van der Waals surface area contributed by atoms with E-state index in [9.17, 15) is 19.2 Å². The van der Waals surface area contributed by atoms with Gasteiger partial charge in [-0.05, 0) is 61.4 Å². The van der Waals surface area contributed by atoms with Gasteiger partial charge in [0.25, 0.3) is 5.91 Å². The van der Waals surface area contributed by atoms with Crippen LogP contribution in [0.15, 0.2) is 48.7 Å². The van der Waals surface area contributed by atoms with Crippen molar-refractivity contribution in [3.05, 3.63) is 59.8 Å². The molecule has 0 aliphatic carbocycles. The molecule has 3 saturated heterocycles. The molecule has 14 nitrogen and oxygen atoms in total. The van der Waals surface area contributed by atoms with E-state index < -0.39 is 18.2 Å². The molecule has 1 aromatic heterocycles. The van der Waals surface area contributed by atoms with Gasteiger partial charge in [0.05, 0.1) is 18.3 Å². The van der Waals surface area contributed by atoms with Crippen molar-refractivity contribution in [2.45, 2.75) is 56.7 Å². The van der Waals surface area contributed by atoms with Gasteiger partial charge in [0.1, 0.15) is 0 Å². The van der Waals surface area contributed by atoms with Gasteiger partial charge in [-0.25, -0.2) is 9.59 Å². The summed E-state index contributed by atoms with van der Waals surface area (Å²) in [5.74, 6) is -0.991. The van der Waals surface area contributed by atoms with Crippen molar-refractivity contribution >= 4 is 40.6 Å². The Bertz CT molecular complexity index is 1690. The summed E-state index contributed by atoms with van der Waals surface area (Å²) in [7, 11) is 0.